The van der Waals surface area contributed by atoms with Gasteiger partial charge in [0.2, 0.25) is 0 Å². The third kappa shape index (κ3) is 4.95. The first kappa shape index (κ1) is 15.1. The predicted molar refractivity (Wildman–Crippen MR) is 89.2 cm³/mol. The molecule has 4 heteroatoms. The Bertz CT molecular complexity index is 530. The zero-order valence-electron chi connectivity index (χ0n) is 11.4. The first-order chi connectivity index (χ1) is 8.94. The zero-order valence-corrected chi connectivity index (χ0v) is 14.6. The molecule has 0 bridgehead atoms. The molecule has 0 unspecified atom stereocenters. The third-order valence-corrected chi connectivity index (χ3v) is 5.56. The van der Waals surface area contributed by atoms with Crippen LogP contribution in [-0.4, -0.2) is 5.54 Å². The van der Waals surface area contributed by atoms with E-state index in [0.717, 1.165) is 6.54 Å². The quantitative estimate of drug-likeness (QED) is 0.771. The Labute approximate surface area is 131 Å². The zero-order chi connectivity index (χ0) is 13.9. The summed E-state index contributed by atoms with van der Waals surface area (Å²) in [6, 6.07) is 10.8. The van der Waals surface area contributed by atoms with Gasteiger partial charge in [-0.15, -0.1) is 11.3 Å². The lowest BCUT2D eigenvalue weighted by Gasteiger charge is -2.20. The Morgan fingerprint density at radius 2 is 2.05 bits per heavy atom. The molecule has 102 valence electrons. The van der Waals surface area contributed by atoms with Gasteiger partial charge in [0, 0.05) is 21.5 Å². The number of hydrogen-bond donors (Lipinski definition) is 1. The van der Waals surface area contributed by atoms with Crippen molar-refractivity contribution in [3.63, 3.8) is 0 Å². The highest BCUT2D eigenvalue weighted by atomic mass is 79.9. The molecular weight excluding hydrogens is 338 g/mol. The van der Waals surface area contributed by atoms with E-state index >= 15 is 0 Å². The standard InChI is InChI=1S/C15H18BrNS2/c1-15(2,3)17-10-11-6-7-13(12(16)9-11)19-14-5-4-8-18-14/h4-9,17H,10H2,1-3H3. The van der Waals surface area contributed by atoms with Crippen LogP contribution in [0.25, 0.3) is 0 Å². The van der Waals surface area contributed by atoms with Crippen LogP contribution in [0, 0.1) is 0 Å². The Kier molecular flexibility index (Phi) is 5.12. The molecule has 0 radical (unpaired) electrons. The van der Waals surface area contributed by atoms with Gasteiger partial charge in [-0.25, -0.2) is 0 Å². The smallest absolute Gasteiger partial charge is 0.0646 e. The van der Waals surface area contributed by atoms with Gasteiger partial charge in [-0.2, -0.15) is 0 Å². The van der Waals surface area contributed by atoms with E-state index < -0.39 is 0 Å². The predicted octanol–water partition coefficient (Wildman–Crippen LogP) is 5.55. The second-order valence-corrected chi connectivity index (χ2v) is 8.55. The Morgan fingerprint density at radius 3 is 2.63 bits per heavy atom. The maximum Gasteiger partial charge on any atom is 0.0646 e. The minimum atomic E-state index is 0.150. The minimum absolute atomic E-state index is 0.150. The Hall–Kier alpha value is -0.290. The number of rotatable bonds is 4. The van der Waals surface area contributed by atoms with Gasteiger partial charge in [-0.05, 0) is 65.8 Å². The van der Waals surface area contributed by atoms with E-state index in [2.05, 4.69) is 77.7 Å². The van der Waals surface area contributed by atoms with E-state index in [1.165, 1.54) is 19.1 Å². The van der Waals surface area contributed by atoms with E-state index in [-0.39, 0.29) is 5.54 Å². The van der Waals surface area contributed by atoms with Gasteiger partial charge in [0.15, 0.2) is 0 Å². The normalized spacial score (nSPS) is 11.8. The summed E-state index contributed by atoms with van der Waals surface area (Å²) in [7, 11) is 0. The molecule has 0 amide bonds. The molecule has 1 aromatic heterocycles. The van der Waals surface area contributed by atoms with Crippen molar-refractivity contribution in [2.45, 2.75) is 42.0 Å². The fourth-order valence-electron chi connectivity index (χ4n) is 1.53. The van der Waals surface area contributed by atoms with Gasteiger partial charge in [0.05, 0.1) is 4.21 Å². The lowest BCUT2D eigenvalue weighted by Crippen LogP contribution is -2.35. The fraction of sp³-hybridized carbons (Fsp3) is 0.333. The molecule has 0 aliphatic carbocycles. The van der Waals surface area contributed by atoms with Crippen LogP contribution in [0.1, 0.15) is 26.3 Å². The third-order valence-electron chi connectivity index (χ3n) is 2.52. The van der Waals surface area contributed by atoms with Crippen LogP contribution < -0.4 is 5.32 Å². The largest absolute Gasteiger partial charge is 0.308 e. The van der Waals surface area contributed by atoms with Crippen LogP contribution in [0.5, 0.6) is 0 Å². The highest BCUT2D eigenvalue weighted by Gasteiger charge is 2.09. The van der Waals surface area contributed by atoms with Gasteiger partial charge >= 0.3 is 0 Å². The van der Waals surface area contributed by atoms with Crippen LogP contribution in [0.4, 0.5) is 0 Å². The van der Waals surface area contributed by atoms with E-state index in [4.69, 9.17) is 0 Å². The molecule has 0 spiro atoms. The van der Waals surface area contributed by atoms with Crippen molar-refractivity contribution in [2.75, 3.05) is 0 Å². The number of nitrogens with one attached hydrogen (secondary N) is 1. The van der Waals surface area contributed by atoms with Crippen molar-refractivity contribution in [1.29, 1.82) is 0 Å². The molecule has 2 aromatic rings. The summed E-state index contributed by atoms with van der Waals surface area (Å²) in [6.45, 7) is 7.45. The summed E-state index contributed by atoms with van der Waals surface area (Å²) in [6.07, 6.45) is 0. The van der Waals surface area contributed by atoms with E-state index in [1.54, 1.807) is 23.1 Å². The van der Waals surface area contributed by atoms with Gasteiger partial charge in [-0.1, -0.05) is 23.9 Å². The van der Waals surface area contributed by atoms with Crippen molar-refractivity contribution < 1.29 is 0 Å². The van der Waals surface area contributed by atoms with Crippen molar-refractivity contribution in [1.82, 2.24) is 5.32 Å². The van der Waals surface area contributed by atoms with Crippen molar-refractivity contribution in [3.8, 4) is 0 Å². The van der Waals surface area contributed by atoms with E-state index in [0.29, 0.717) is 0 Å². The van der Waals surface area contributed by atoms with E-state index in [9.17, 15) is 0 Å². The maximum absolute atomic E-state index is 3.67. The van der Waals surface area contributed by atoms with Gasteiger partial charge in [-0.3, -0.25) is 0 Å². The molecule has 0 saturated heterocycles. The van der Waals surface area contributed by atoms with Gasteiger partial charge in [0.1, 0.15) is 0 Å². The molecule has 0 fully saturated rings. The molecular formula is C15H18BrNS2. The van der Waals surface area contributed by atoms with Crippen molar-refractivity contribution in [2.24, 2.45) is 0 Å². The van der Waals surface area contributed by atoms with Crippen LogP contribution in [0.3, 0.4) is 0 Å². The molecule has 0 atom stereocenters. The molecule has 1 heterocycles. The lowest BCUT2D eigenvalue weighted by molar-refractivity contribution is 0.424. The molecule has 2 rings (SSSR count). The highest BCUT2D eigenvalue weighted by Crippen LogP contribution is 2.36. The second-order valence-electron chi connectivity index (χ2n) is 5.40. The number of halogens is 1. The first-order valence-electron chi connectivity index (χ1n) is 6.19. The van der Waals surface area contributed by atoms with Crippen LogP contribution in [-0.2, 0) is 6.54 Å². The molecule has 1 nitrogen and oxygen atoms in total. The van der Waals surface area contributed by atoms with Crippen LogP contribution in [0.15, 0.2) is 49.3 Å². The fourth-order valence-corrected chi connectivity index (χ4v) is 3.94. The van der Waals surface area contributed by atoms with Crippen LogP contribution in [0.2, 0.25) is 0 Å². The second kappa shape index (κ2) is 6.44. The molecule has 0 aliphatic rings. The molecule has 1 N–H and O–H groups in total. The van der Waals surface area contributed by atoms with Crippen LogP contribution >= 0.6 is 39.0 Å². The summed E-state index contributed by atoms with van der Waals surface area (Å²) < 4.78 is 2.49. The Balaban J connectivity index is 2.05. The number of benzene rings is 1. The Morgan fingerprint density at radius 1 is 1.26 bits per heavy atom. The number of hydrogen-bond acceptors (Lipinski definition) is 3. The molecule has 19 heavy (non-hydrogen) atoms. The maximum atomic E-state index is 3.67. The molecule has 1 aromatic carbocycles. The number of thiophene rings is 1. The minimum Gasteiger partial charge on any atom is -0.308 e. The van der Waals surface area contributed by atoms with Gasteiger partial charge in [0.25, 0.3) is 0 Å². The lowest BCUT2D eigenvalue weighted by atomic mass is 10.1. The van der Waals surface area contributed by atoms with Gasteiger partial charge < -0.3 is 5.32 Å². The average Bonchev–Trinajstić information content (AvgIpc) is 2.81. The topological polar surface area (TPSA) is 12.0 Å². The SMILES string of the molecule is CC(C)(C)NCc1ccc(Sc2cccs2)c(Br)c1. The highest BCUT2D eigenvalue weighted by molar-refractivity contribution is 9.10. The van der Waals surface area contributed by atoms with E-state index in [1.807, 2.05) is 0 Å². The molecule has 0 saturated carbocycles. The summed E-state index contributed by atoms with van der Waals surface area (Å²) in [5, 5.41) is 5.61. The van der Waals surface area contributed by atoms with Crippen molar-refractivity contribution in [3.05, 3.63) is 45.7 Å². The summed E-state index contributed by atoms with van der Waals surface area (Å²) >= 11 is 7.25. The average molecular weight is 356 g/mol. The summed E-state index contributed by atoms with van der Waals surface area (Å²) in [5.41, 5.74) is 1.45. The summed E-state index contributed by atoms with van der Waals surface area (Å²) in [4.78, 5) is 1.27. The van der Waals surface area contributed by atoms with Crippen molar-refractivity contribution >= 4 is 39.0 Å². The summed E-state index contributed by atoms with van der Waals surface area (Å²) in [5.74, 6) is 0. The first-order valence-corrected chi connectivity index (χ1v) is 8.68. The monoisotopic (exact) mass is 355 g/mol. The molecule has 0 aliphatic heterocycles.